The average Bonchev–Trinajstić information content (AvgIpc) is 3.82. The number of hydroxylamine groups is 2. The van der Waals surface area contributed by atoms with Gasteiger partial charge in [0.1, 0.15) is 18.1 Å². The number of carbonyl (C=O) groups excluding carboxylic acids is 3. The normalized spacial score (nSPS) is 19.4. The first-order valence-electron chi connectivity index (χ1n) is 23.6. The van der Waals surface area contributed by atoms with E-state index in [1.54, 1.807) is 12.1 Å². The van der Waals surface area contributed by atoms with Crippen LogP contribution < -0.4 is 9.64 Å². The summed E-state index contributed by atoms with van der Waals surface area (Å²) in [4.78, 5) is 42.6. The minimum Gasteiger partial charge on any atom is -0.457 e. The molecule has 4 aliphatic rings. The molecule has 3 heterocycles. The molecule has 73 heavy (non-hydrogen) atoms. The summed E-state index contributed by atoms with van der Waals surface area (Å²) in [6.45, 7) is 8.52. The number of ether oxygens (including phenoxy) is 1. The smallest absolute Gasteiger partial charge is 0.333 e. The maximum absolute atomic E-state index is 12.5. The quantitative estimate of drug-likeness (QED) is 0.0278. The van der Waals surface area contributed by atoms with Crippen molar-refractivity contribution in [2.24, 2.45) is 0 Å². The number of benzene rings is 3. The van der Waals surface area contributed by atoms with Crippen molar-refractivity contribution in [2.45, 2.75) is 124 Å². The number of hydrogen-bond acceptors (Lipinski definition) is 13. The predicted molar refractivity (Wildman–Crippen MR) is 269 cm³/mol. The fourth-order valence-electron chi connectivity index (χ4n) is 9.64. The van der Waals surface area contributed by atoms with Gasteiger partial charge in [-0.25, -0.2) is 9.00 Å². The molecule has 3 aliphatic heterocycles. The van der Waals surface area contributed by atoms with Crippen LogP contribution in [0.5, 0.6) is 5.75 Å². The van der Waals surface area contributed by atoms with Crippen LogP contribution in [-0.4, -0.2) is 99.6 Å². The second-order valence-electron chi connectivity index (χ2n) is 19.2. The lowest BCUT2D eigenvalue weighted by atomic mass is 9.81. The van der Waals surface area contributed by atoms with E-state index in [1.807, 2.05) is 61.5 Å². The highest BCUT2D eigenvalue weighted by Gasteiger charge is 2.45. The van der Waals surface area contributed by atoms with E-state index < -0.39 is 70.0 Å². The van der Waals surface area contributed by atoms with Gasteiger partial charge in [0.2, 0.25) is 5.69 Å². The van der Waals surface area contributed by atoms with Gasteiger partial charge in [0, 0.05) is 72.5 Å². The van der Waals surface area contributed by atoms with Crippen molar-refractivity contribution in [1.29, 1.82) is 0 Å². The Kier molecular flexibility index (Phi) is 16.4. The van der Waals surface area contributed by atoms with Crippen LogP contribution in [0.15, 0.2) is 122 Å². The van der Waals surface area contributed by atoms with Gasteiger partial charge in [0.05, 0.1) is 20.1 Å². The van der Waals surface area contributed by atoms with Crippen LogP contribution in [0.25, 0.3) is 0 Å². The topological polar surface area (TPSA) is 280 Å². The number of allylic oxidation sites excluding steroid dienone is 7. The summed E-state index contributed by atoms with van der Waals surface area (Å²) < 4.78 is 133. The molecule has 0 bridgehead atoms. The lowest BCUT2D eigenvalue weighted by molar-refractivity contribution is -0.438. The van der Waals surface area contributed by atoms with E-state index >= 15 is 0 Å². The van der Waals surface area contributed by atoms with Crippen LogP contribution in [0.2, 0.25) is 0 Å². The minimum absolute atomic E-state index is 0.0199. The van der Waals surface area contributed by atoms with Crippen molar-refractivity contribution >= 4 is 76.3 Å². The molecule has 1 fully saturated rings. The van der Waals surface area contributed by atoms with Gasteiger partial charge in [-0.3, -0.25) is 23.2 Å². The third-order valence-corrected chi connectivity index (χ3v) is 16.6. The first kappa shape index (κ1) is 55.1. The molecular weight excluding hydrogens is 1030 g/mol. The van der Waals surface area contributed by atoms with Crippen molar-refractivity contribution in [3.63, 3.8) is 0 Å². The molecule has 0 spiro atoms. The third kappa shape index (κ3) is 12.5. The molecule has 0 radical (unpaired) electrons. The van der Waals surface area contributed by atoms with Gasteiger partial charge in [-0.15, -0.1) is 5.06 Å². The van der Waals surface area contributed by atoms with Crippen molar-refractivity contribution < 1.29 is 76.2 Å². The molecule has 2 amide bonds. The molecular formula is C50H58N3O16S4+. The molecule has 4 N–H and O–H groups in total. The van der Waals surface area contributed by atoms with Crippen LogP contribution in [-0.2, 0) is 71.5 Å². The zero-order chi connectivity index (χ0) is 53.3. The van der Waals surface area contributed by atoms with Crippen molar-refractivity contribution in [1.82, 2.24) is 5.06 Å². The molecule has 3 aromatic carbocycles. The van der Waals surface area contributed by atoms with Crippen molar-refractivity contribution in [3.05, 3.63) is 119 Å². The van der Waals surface area contributed by atoms with E-state index in [-0.39, 0.29) is 45.5 Å². The Morgan fingerprint density at radius 1 is 0.726 bits per heavy atom. The maximum Gasteiger partial charge on any atom is 0.333 e. The van der Waals surface area contributed by atoms with Crippen LogP contribution >= 0.6 is 0 Å². The Hall–Kier alpha value is -5.66. The summed E-state index contributed by atoms with van der Waals surface area (Å²) in [6.07, 6.45) is 11.7. The van der Waals surface area contributed by atoms with Gasteiger partial charge >= 0.3 is 5.97 Å². The Morgan fingerprint density at radius 2 is 1.34 bits per heavy atom. The van der Waals surface area contributed by atoms with Gasteiger partial charge in [0.15, 0.2) is 16.8 Å². The monoisotopic (exact) mass is 1080 g/mol. The summed E-state index contributed by atoms with van der Waals surface area (Å²) in [5, 5.41) is 0.513. The van der Waals surface area contributed by atoms with Crippen LogP contribution in [0.1, 0.15) is 109 Å². The van der Waals surface area contributed by atoms with Gasteiger partial charge in [-0.05, 0) is 142 Å². The number of anilines is 1. The summed E-state index contributed by atoms with van der Waals surface area (Å²) in [5.74, 6) is -1.08. The van der Waals surface area contributed by atoms with Gasteiger partial charge in [-0.2, -0.15) is 29.8 Å². The van der Waals surface area contributed by atoms with Crippen LogP contribution in [0, 0.1) is 0 Å². The van der Waals surface area contributed by atoms with E-state index in [0.717, 1.165) is 22.6 Å². The van der Waals surface area contributed by atoms with E-state index in [2.05, 4.69) is 0 Å². The summed E-state index contributed by atoms with van der Waals surface area (Å²) >= 11 is -1.99. The third-order valence-electron chi connectivity index (χ3n) is 13.4. The number of rotatable bonds is 20. The largest absolute Gasteiger partial charge is 0.457 e. The summed E-state index contributed by atoms with van der Waals surface area (Å²) in [7, 11) is -13.6. The molecule has 19 nitrogen and oxygen atoms in total. The minimum atomic E-state index is -4.57. The number of imide groups is 1. The number of hydrogen-bond donors (Lipinski definition) is 4. The number of nitrogens with zero attached hydrogens (tertiary/aromatic N) is 3. The maximum atomic E-state index is 12.5. The fraction of sp³-hybridized carbons (Fsp3) is 0.400. The van der Waals surface area contributed by atoms with Crippen LogP contribution in [0.4, 0.5) is 11.4 Å². The fourth-order valence-corrected chi connectivity index (χ4v) is 11.6. The number of unbranched alkanes of at least 4 members (excludes halogenated alkanes) is 3. The lowest BCUT2D eigenvalue weighted by Crippen LogP contribution is -2.31. The lowest BCUT2D eigenvalue weighted by Gasteiger charge is -2.27. The molecule has 0 aromatic heterocycles. The first-order chi connectivity index (χ1) is 34.2. The molecule has 1 aliphatic carbocycles. The standard InChI is InChI=1S/C50H57N3O16S4/c1-49(2)39-31-37(72(62,63)64)20-22-41(39)51(28-7-5-6-13-47(56)69-53-45(54)26-27-46(53)55)43(49)24-14-33-11-10-12-34(48(33)68-35-16-18-36(19-17-35)71(59,60)61)15-25-44-50(3,4)40-32-38(73(65,66)67)21-23-42(40)52(44)29-8-9-30-70(57)58/h14-25,31-32H,5-13,26-30H2,1-4H3,(H3-,57,58,59,60,61,62,63,64,65,66,67)/p+1. The number of carbonyl (C=O) groups is 3. The zero-order valence-electron chi connectivity index (χ0n) is 40.6. The Labute approximate surface area is 427 Å². The van der Waals surface area contributed by atoms with E-state index in [9.17, 15) is 62.1 Å². The molecule has 3 aromatic rings. The Bertz CT molecular complexity index is 3250. The van der Waals surface area contributed by atoms with Crippen molar-refractivity contribution in [3.8, 4) is 5.75 Å². The van der Waals surface area contributed by atoms with Crippen LogP contribution in [0.3, 0.4) is 0 Å². The molecule has 1 unspecified atom stereocenters. The van der Waals surface area contributed by atoms with E-state index in [0.29, 0.717) is 97.8 Å². The SMILES string of the molecule is CC1(C)C(/C=C/C2=C(Oc3ccc(S(=O)(=O)O)cc3)C(=C/C=C3/N(CCCCS(=O)O)c4ccc(S(=O)(=O)O)cc4C3(C)C)/CCC2)=[N+](CCCCCC(=O)ON2C(=O)CCC2=O)c2ccc(S(=O)(=O)O)cc21. The summed E-state index contributed by atoms with van der Waals surface area (Å²) in [6, 6.07) is 14.0. The Morgan fingerprint density at radius 3 is 1.97 bits per heavy atom. The second-order valence-corrected chi connectivity index (χ2v) is 24.5. The predicted octanol–water partition coefficient (Wildman–Crippen LogP) is 7.65. The van der Waals surface area contributed by atoms with Crippen molar-refractivity contribution in [2.75, 3.05) is 23.7 Å². The highest BCUT2D eigenvalue weighted by molar-refractivity contribution is 7.86. The van der Waals surface area contributed by atoms with Gasteiger partial charge < -0.3 is 19.0 Å². The molecule has 0 saturated carbocycles. The molecule has 7 rings (SSSR count). The highest BCUT2D eigenvalue weighted by atomic mass is 32.2. The second kappa shape index (κ2) is 21.7. The summed E-state index contributed by atoms with van der Waals surface area (Å²) in [5.41, 5.74) is 4.03. The van der Waals surface area contributed by atoms with Gasteiger partial charge in [0.25, 0.3) is 42.2 Å². The zero-order valence-corrected chi connectivity index (χ0v) is 43.9. The average molecular weight is 1090 g/mol. The van der Waals surface area contributed by atoms with Gasteiger partial charge in [-0.1, -0.05) is 19.9 Å². The molecule has 23 heteroatoms. The first-order valence-corrected chi connectivity index (χ1v) is 29.2. The molecule has 1 atom stereocenters. The molecule has 1 saturated heterocycles. The number of amides is 2. The molecule has 392 valence electrons. The van der Waals surface area contributed by atoms with E-state index in [4.69, 9.17) is 9.57 Å². The Balaban J connectivity index is 1.27. The number of fused-ring (bicyclic) bond motifs is 2. The highest BCUT2D eigenvalue weighted by Crippen LogP contribution is 2.49. The van der Waals surface area contributed by atoms with E-state index in [1.165, 1.54) is 48.5 Å².